The molecule has 2 unspecified atom stereocenters. The van der Waals surface area contributed by atoms with Crippen LogP contribution < -0.4 is 5.46 Å². The van der Waals surface area contributed by atoms with Crippen LogP contribution in [0.4, 0.5) is 9.59 Å². The average Bonchev–Trinajstić information content (AvgIpc) is 1.66. The molecule has 2 aliphatic rings. The molecule has 4 amide bonds. The second-order valence-corrected chi connectivity index (χ2v) is 40.1. The molecule has 14 aromatic rings. The van der Waals surface area contributed by atoms with Crippen molar-refractivity contribution in [2.75, 3.05) is 13.2 Å². The molecule has 2 fully saturated rings. The highest BCUT2D eigenvalue weighted by Gasteiger charge is 2.42. The Morgan fingerprint density at radius 1 is 0.386 bits per heavy atom. The Labute approximate surface area is 885 Å². The quantitative estimate of drug-likeness (QED) is 0.00764. The van der Waals surface area contributed by atoms with Crippen molar-refractivity contribution in [3.8, 4) is 55.6 Å². The summed E-state index contributed by atoms with van der Waals surface area (Å²) in [5.74, 6) is -3.20. The topological polar surface area (TPSA) is 252 Å². The number of ether oxygens (including phenoxy) is 3. The molecule has 3 atom stereocenters. The summed E-state index contributed by atoms with van der Waals surface area (Å²) in [5.41, 5.74) is 25.9. The van der Waals surface area contributed by atoms with E-state index in [0.29, 0.717) is 49.6 Å². The second kappa shape index (κ2) is 59.2. The number of halogens is 3. The molecule has 0 bridgehead atoms. The largest absolute Gasteiger partial charge is 0.488 e. The van der Waals surface area contributed by atoms with E-state index in [-0.39, 0.29) is 62.5 Å². The van der Waals surface area contributed by atoms with Gasteiger partial charge in [0.2, 0.25) is 11.8 Å². The lowest BCUT2D eigenvalue weighted by Gasteiger charge is -2.26. The highest BCUT2D eigenvalue weighted by molar-refractivity contribution is 14.1. The van der Waals surface area contributed by atoms with Gasteiger partial charge in [-0.2, -0.15) is 0 Å². The summed E-state index contributed by atoms with van der Waals surface area (Å²) in [5, 5.41) is 34.4. The molecule has 0 aromatic heterocycles. The molecule has 0 saturated carbocycles. The molecule has 0 spiro atoms. The molecule has 0 aliphatic carbocycles. The number of cyclic esters (lactones) is 2. The number of carboxylic acid groups (broad SMARTS) is 2. The number of nitrogens with zero attached hydrogens (tertiary/aromatic N) is 2. The van der Waals surface area contributed by atoms with Crippen molar-refractivity contribution in [2.24, 2.45) is 5.92 Å². The molecule has 2 saturated heterocycles. The number of carboxylic acids is 2. The smallest absolute Gasteiger partial charge is 0.481 e. The number of hydrogen-bond acceptors (Lipinski definition) is 13. The molecule has 750 valence electrons. The molecule has 4 N–H and O–H groups in total. The van der Waals surface area contributed by atoms with E-state index >= 15 is 0 Å². The lowest BCUT2D eigenvalue weighted by molar-refractivity contribution is -0.158. The molecule has 21 heteroatoms. The first-order valence-electron chi connectivity index (χ1n) is 49.2. The van der Waals surface area contributed by atoms with Gasteiger partial charge in [-0.15, -0.1) is 0 Å². The molecular weight excluding hydrogens is 2050 g/mol. The Morgan fingerprint density at radius 3 is 1.09 bits per heavy atom. The van der Waals surface area contributed by atoms with Crippen LogP contribution in [0, 0.1) is 51.0 Å². The van der Waals surface area contributed by atoms with Gasteiger partial charge in [-0.25, -0.2) is 19.4 Å². The summed E-state index contributed by atoms with van der Waals surface area (Å²) >= 11 is 9.18. The third-order valence-corrected chi connectivity index (χ3v) is 26.7. The number of aliphatic carboxylic acids is 2. The summed E-state index contributed by atoms with van der Waals surface area (Å²) in [6, 6.07) is 117. The van der Waals surface area contributed by atoms with Gasteiger partial charge in [0.05, 0.1) is 18.5 Å². The number of esters is 1. The summed E-state index contributed by atoms with van der Waals surface area (Å²) in [4.78, 5) is 99.6. The number of rotatable bonds is 32. The number of hydrogen-bond donors (Lipinski definition) is 4. The summed E-state index contributed by atoms with van der Waals surface area (Å²) in [7, 11) is -1.34. The van der Waals surface area contributed by atoms with Crippen molar-refractivity contribution in [3.05, 3.63) is 431 Å². The molecule has 0 radical (unpaired) electrons. The third kappa shape index (κ3) is 38.3. The van der Waals surface area contributed by atoms with Crippen molar-refractivity contribution in [3.63, 3.8) is 0 Å². The number of unbranched alkanes of at least 4 members (excludes halogenated alkanes) is 2. The van der Waals surface area contributed by atoms with Crippen molar-refractivity contribution in [1.82, 2.24) is 9.80 Å². The molecule has 14 aromatic carbocycles. The van der Waals surface area contributed by atoms with Gasteiger partial charge in [-0.3, -0.25) is 28.8 Å². The molecule has 17 nitrogen and oxygen atoms in total. The fourth-order valence-corrected chi connectivity index (χ4v) is 18.4. The summed E-state index contributed by atoms with van der Waals surface area (Å²) < 4.78 is 19.6. The number of imide groups is 2. The minimum atomic E-state index is -1.34. The van der Waals surface area contributed by atoms with Crippen LogP contribution in [0.3, 0.4) is 0 Å². The van der Waals surface area contributed by atoms with Crippen LogP contribution in [-0.2, 0) is 70.3 Å². The standard InChI is InChI=1S/C34H39NO5.C28H29NO3.C18H18O3.C18H20O2.C13H11Br.C7H6BrI.C6H7BO2/c1-24-20-26(18-19-30(24)27-15-9-6-10-16-27)14-11-17-28(22-31(36)40-34(2,3)4)32(37)35-29(23-39-33(35)38)21-25-12-7-5-8-13-25;1-21-18-23(16-17-26(21)24-13-6-3-7-14-24)12-8-9-15-27(30)29-25(20-32-28(29)31)19-22-10-4-2-5-11-22;1-13-12-15(17(19)8-5-9-18(20)21)10-11-16(13)14-6-3-2-4-7-14;1-14-13-15(7-5-6-10-18(19)20)11-12-17(14)16-8-3-2-4-9-16;1-10-9-12(14)7-8-13(10)11-5-3-2-4-6-11;1-5-4-6(8)2-3-7(5)9;8-7(9)6-4-2-1-3-5-6/h5-10,12-13,15-16,18-20,28-29H,11,14,17,21-23H2,1-4H3;2-7,10-11,13-14,16-18,25H,8-9,12,15,19-20H2,1H3;2-4,6-7,10-12H,5,8-9H2,1H3,(H,20,21);2-4,8-9,11-13H,5-7,10H2,1H3,(H,19,20);2-9H,1H3;2-4H,1H3;1-5,8-9H/t28-,29?;;;;;;/m1....../s1. The normalized spacial score (nSPS) is 12.9. The maximum atomic E-state index is 13.8. The zero-order valence-electron chi connectivity index (χ0n) is 84.0. The van der Waals surface area contributed by atoms with Crippen LogP contribution in [-0.4, -0.2) is 116 Å². The van der Waals surface area contributed by atoms with E-state index < -0.39 is 54.8 Å². The van der Waals surface area contributed by atoms with Crippen LogP contribution >= 0.6 is 54.5 Å². The second-order valence-electron chi connectivity index (χ2n) is 37.1. The lowest BCUT2D eigenvalue weighted by atomic mass is 9.81. The number of aryl methyl sites for hydroxylation is 9. The first-order chi connectivity index (χ1) is 69.7. The third-order valence-electron chi connectivity index (χ3n) is 24.5. The van der Waals surface area contributed by atoms with Gasteiger partial charge >= 0.3 is 37.2 Å². The Bertz CT molecular complexity index is 6500. The highest BCUT2D eigenvalue weighted by atomic mass is 127. The zero-order chi connectivity index (χ0) is 104. The molecule has 2 heterocycles. The Morgan fingerprint density at radius 2 is 0.724 bits per heavy atom. The minimum absolute atomic E-state index is 0.000961. The number of benzene rings is 14. The van der Waals surface area contributed by atoms with Crippen molar-refractivity contribution >= 4 is 115 Å². The maximum Gasteiger partial charge on any atom is 0.488 e. The zero-order valence-corrected chi connectivity index (χ0v) is 89.4. The van der Waals surface area contributed by atoms with Gasteiger partial charge in [0.15, 0.2) is 5.78 Å². The van der Waals surface area contributed by atoms with Crippen LogP contribution in [0.1, 0.15) is 169 Å². The fourth-order valence-electron chi connectivity index (χ4n) is 17.1. The number of carbonyl (C=O) groups excluding carboxylic acids is 6. The highest BCUT2D eigenvalue weighted by Crippen LogP contribution is 2.34. The molecule has 2 aliphatic heterocycles. The molecule has 145 heavy (non-hydrogen) atoms. The Kier molecular flexibility index (Phi) is 46.4. The van der Waals surface area contributed by atoms with Gasteiger partial charge in [-0.1, -0.05) is 347 Å². The number of carbonyl (C=O) groups is 8. The van der Waals surface area contributed by atoms with Gasteiger partial charge in [0.25, 0.3) is 0 Å². The van der Waals surface area contributed by atoms with Crippen molar-refractivity contribution in [2.45, 2.75) is 189 Å². The molecular formula is C124H130BBr2IN2O15. The first-order valence-corrected chi connectivity index (χ1v) is 51.9. The van der Waals surface area contributed by atoms with Crippen LogP contribution in [0.25, 0.3) is 55.6 Å². The van der Waals surface area contributed by atoms with E-state index in [1.54, 1.807) is 45.0 Å². The number of amides is 4. The Hall–Kier alpha value is -13.3. The predicted molar refractivity (Wildman–Crippen MR) is 598 cm³/mol. The van der Waals surface area contributed by atoms with E-state index in [1.165, 1.54) is 102 Å². The minimum Gasteiger partial charge on any atom is -0.481 e. The van der Waals surface area contributed by atoms with E-state index in [0.717, 1.165) is 81.7 Å². The van der Waals surface area contributed by atoms with Crippen molar-refractivity contribution in [1.29, 1.82) is 0 Å². The summed E-state index contributed by atoms with van der Waals surface area (Å²) in [6.07, 6.45) is 8.31. The molecule has 16 rings (SSSR count). The Balaban J connectivity index is 0.000000184. The SMILES string of the molecule is Cc1cc(Br)ccc1-c1ccccc1.Cc1cc(Br)ccc1I.Cc1cc(C(=O)CCCC(=O)O)ccc1-c1ccccc1.Cc1cc(CCCCC(=O)N2C(=O)OCC2Cc2ccccc2)ccc1-c1ccccc1.Cc1cc(CCCCC(=O)O)ccc1-c1ccccc1.Cc1cc(CCC[C@H](CC(=O)OC(C)(C)C)C(=O)N2C(=O)OCC2Cc2ccccc2)ccc1-c1ccccc1.OB(O)c1ccccc1. The lowest BCUT2D eigenvalue weighted by Crippen LogP contribution is -2.44. The van der Waals surface area contributed by atoms with Crippen LogP contribution in [0.15, 0.2) is 361 Å². The van der Waals surface area contributed by atoms with E-state index in [4.69, 9.17) is 34.5 Å². The predicted octanol–water partition coefficient (Wildman–Crippen LogP) is 28.6. The van der Waals surface area contributed by atoms with Gasteiger partial charge < -0.3 is 34.5 Å². The number of Topliss-reactive ketones (excluding diaryl/α,β-unsaturated/α-hetero) is 1. The van der Waals surface area contributed by atoms with Crippen molar-refractivity contribution < 1.29 is 72.8 Å². The van der Waals surface area contributed by atoms with E-state index in [9.17, 15) is 38.4 Å². The first kappa shape index (κ1) is 114. The van der Waals surface area contributed by atoms with Crippen LogP contribution in [0.5, 0.6) is 0 Å². The van der Waals surface area contributed by atoms with Gasteiger partial charge in [0.1, 0.15) is 18.8 Å². The van der Waals surface area contributed by atoms with E-state index in [1.807, 2.05) is 159 Å². The van der Waals surface area contributed by atoms with Gasteiger partial charge in [0, 0.05) is 49.7 Å². The summed E-state index contributed by atoms with van der Waals surface area (Å²) in [6.45, 7) is 18.4. The number of ketones is 1. The maximum absolute atomic E-state index is 13.8. The van der Waals surface area contributed by atoms with E-state index in [2.05, 4.69) is 265 Å². The average molecular weight is 2190 g/mol. The van der Waals surface area contributed by atoms with Gasteiger partial charge in [-0.05, 0) is 321 Å². The van der Waals surface area contributed by atoms with Crippen LogP contribution in [0.2, 0.25) is 0 Å². The monoisotopic (exact) mass is 2180 g/mol. The fraction of sp³-hybridized carbons (Fsp3) is 0.258.